The summed E-state index contributed by atoms with van der Waals surface area (Å²) < 4.78 is 13.6. The van der Waals surface area contributed by atoms with Crippen LogP contribution in [0.2, 0.25) is 0 Å². The van der Waals surface area contributed by atoms with Crippen LogP contribution < -0.4 is 19.7 Å². The van der Waals surface area contributed by atoms with E-state index in [0.717, 1.165) is 50.2 Å². The Morgan fingerprint density at radius 1 is 1.07 bits per heavy atom. The van der Waals surface area contributed by atoms with Crippen molar-refractivity contribution < 1.29 is 9.47 Å². The van der Waals surface area contributed by atoms with Crippen LogP contribution in [0.4, 0.5) is 17.2 Å². The molecule has 146 valence electrons. The second-order valence-electron chi connectivity index (χ2n) is 6.88. The van der Waals surface area contributed by atoms with Crippen LogP contribution in [0.15, 0.2) is 59.5 Å². The van der Waals surface area contributed by atoms with Crippen molar-refractivity contribution in [3.05, 3.63) is 59.5 Å². The molecule has 1 aliphatic heterocycles. The summed E-state index contributed by atoms with van der Waals surface area (Å²) in [5.74, 6) is 2.32. The second-order valence-corrected chi connectivity index (χ2v) is 7.69. The van der Waals surface area contributed by atoms with Gasteiger partial charge in [-0.15, -0.1) is 0 Å². The van der Waals surface area contributed by atoms with Crippen LogP contribution in [0, 0.1) is 0 Å². The van der Waals surface area contributed by atoms with Crippen molar-refractivity contribution in [2.45, 2.75) is 0 Å². The Kier molecular flexibility index (Phi) is 4.28. The molecule has 2 aromatic carbocycles. The lowest BCUT2D eigenvalue weighted by Crippen LogP contribution is -2.07. The lowest BCUT2D eigenvalue weighted by atomic mass is 10.1. The van der Waals surface area contributed by atoms with Gasteiger partial charge in [-0.2, -0.15) is 0 Å². The van der Waals surface area contributed by atoms with E-state index in [4.69, 9.17) is 14.5 Å². The van der Waals surface area contributed by atoms with Gasteiger partial charge in [0.25, 0.3) is 0 Å². The number of benzene rings is 2. The molecule has 8 heteroatoms. The Hall–Kier alpha value is -3.26. The second kappa shape index (κ2) is 6.97. The van der Waals surface area contributed by atoms with E-state index in [2.05, 4.69) is 55.4 Å². The van der Waals surface area contributed by atoms with E-state index in [0.29, 0.717) is 0 Å². The number of hydrogen-bond acceptors (Lipinski definition) is 6. The fourth-order valence-electron chi connectivity index (χ4n) is 3.28. The van der Waals surface area contributed by atoms with Crippen molar-refractivity contribution in [3.63, 3.8) is 0 Å². The van der Waals surface area contributed by atoms with E-state index in [1.807, 2.05) is 42.9 Å². The average Bonchev–Trinajstić information content (AvgIpc) is 3.32. The first kappa shape index (κ1) is 17.8. The molecule has 0 amide bonds. The van der Waals surface area contributed by atoms with Gasteiger partial charge in [0.2, 0.25) is 6.79 Å². The zero-order valence-electron chi connectivity index (χ0n) is 15.9. The molecule has 0 unspecified atom stereocenters. The normalized spacial score (nSPS) is 12.4. The van der Waals surface area contributed by atoms with Crippen molar-refractivity contribution in [2.75, 3.05) is 31.1 Å². The SMILES string of the molecule is CN(C)c1ccc(-c2nc3cnc(Br)cn3c2Nc2ccc3c(c2)OCO3)cc1. The summed E-state index contributed by atoms with van der Waals surface area (Å²) in [5.41, 5.74) is 4.62. The van der Waals surface area contributed by atoms with Crippen LogP contribution in [0.5, 0.6) is 11.5 Å². The minimum Gasteiger partial charge on any atom is -0.454 e. The number of ether oxygens (including phenoxy) is 2. The molecule has 0 saturated carbocycles. The van der Waals surface area contributed by atoms with E-state index < -0.39 is 0 Å². The van der Waals surface area contributed by atoms with E-state index in [1.165, 1.54) is 0 Å². The van der Waals surface area contributed by atoms with Gasteiger partial charge in [0.15, 0.2) is 17.1 Å². The monoisotopic (exact) mass is 451 g/mol. The fraction of sp³-hybridized carbons (Fsp3) is 0.143. The third-order valence-corrected chi connectivity index (χ3v) is 5.18. The first-order valence-corrected chi connectivity index (χ1v) is 9.86. The minimum atomic E-state index is 0.247. The molecular formula is C21H18BrN5O2. The smallest absolute Gasteiger partial charge is 0.231 e. The molecule has 4 aromatic rings. The van der Waals surface area contributed by atoms with Gasteiger partial charge in [0, 0.05) is 43.3 Å². The summed E-state index contributed by atoms with van der Waals surface area (Å²) in [4.78, 5) is 11.2. The molecule has 0 radical (unpaired) electrons. The Balaban J connectivity index is 1.62. The van der Waals surface area contributed by atoms with Crippen molar-refractivity contribution in [1.82, 2.24) is 14.4 Å². The number of imidazole rings is 1. The molecule has 2 aromatic heterocycles. The summed E-state index contributed by atoms with van der Waals surface area (Å²) >= 11 is 3.45. The molecule has 0 bridgehead atoms. The maximum Gasteiger partial charge on any atom is 0.231 e. The van der Waals surface area contributed by atoms with E-state index in [-0.39, 0.29) is 6.79 Å². The zero-order chi connectivity index (χ0) is 20.0. The Labute approximate surface area is 176 Å². The van der Waals surface area contributed by atoms with Crippen molar-refractivity contribution >= 4 is 38.8 Å². The van der Waals surface area contributed by atoms with Crippen molar-refractivity contribution in [3.8, 4) is 22.8 Å². The van der Waals surface area contributed by atoms with Crippen LogP contribution in [0.1, 0.15) is 0 Å². The summed E-state index contributed by atoms with van der Waals surface area (Å²) in [5, 5.41) is 3.49. The minimum absolute atomic E-state index is 0.247. The highest BCUT2D eigenvalue weighted by atomic mass is 79.9. The first-order chi connectivity index (χ1) is 14.1. The Morgan fingerprint density at radius 3 is 2.66 bits per heavy atom. The molecule has 1 N–H and O–H groups in total. The lowest BCUT2D eigenvalue weighted by molar-refractivity contribution is 0.174. The molecule has 0 atom stereocenters. The number of hydrogen-bond donors (Lipinski definition) is 1. The largest absolute Gasteiger partial charge is 0.454 e. The molecule has 0 aliphatic carbocycles. The number of aromatic nitrogens is 3. The maximum absolute atomic E-state index is 5.51. The van der Waals surface area contributed by atoms with Crippen molar-refractivity contribution in [2.24, 2.45) is 0 Å². The Bertz CT molecular complexity index is 1200. The molecular weight excluding hydrogens is 434 g/mol. The lowest BCUT2D eigenvalue weighted by Gasteiger charge is -2.13. The van der Waals surface area contributed by atoms with Crippen LogP contribution in [0.25, 0.3) is 16.9 Å². The number of rotatable bonds is 4. The highest BCUT2D eigenvalue weighted by Gasteiger charge is 2.18. The predicted octanol–water partition coefficient (Wildman–Crippen LogP) is 4.70. The van der Waals surface area contributed by atoms with Crippen molar-refractivity contribution in [1.29, 1.82) is 0 Å². The fourth-order valence-corrected chi connectivity index (χ4v) is 3.59. The first-order valence-electron chi connectivity index (χ1n) is 9.06. The maximum atomic E-state index is 5.51. The van der Waals surface area contributed by atoms with Gasteiger partial charge in [-0.05, 0) is 40.2 Å². The van der Waals surface area contributed by atoms with Gasteiger partial charge in [-0.25, -0.2) is 9.97 Å². The standard InChI is InChI=1S/C21H18BrN5O2/c1-26(2)15-6-3-13(4-7-15)20-21(27-11-18(22)23-10-19(27)25-20)24-14-5-8-16-17(9-14)29-12-28-16/h3-11,24H,12H2,1-2H3. The highest BCUT2D eigenvalue weighted by molar-refractivity contribution is 9.10. The van der Waals surface area contributed by atoms with Gasteiger partial charge < -0.3 is 19.7 Å². The van der Waals surface area contributed by atoms with E-state index >= 15 is 0 Å². The number of anilines is 3. The molecule has 0 saturated heterocycles. The van der Waals surface area contributed by atoms with Gasteiger partial charge in [-0.3, -0.25) is 4.40 Å². The third kappa shape index (κ3) is 3.25. The van der Waals surface area contributed by atoms with Crippen LogP contribution >= 0.6 is 15.9 Å². The van der Waals surface area contributed by atoms with Crippen LogP contribution in [-0.4, -0.2) is 35.3 Å². The molecule has 0 spiro atoms. The summed E-state index contributed by atoms with van der Waals surface area (Å²) in [7, 11) is 4.05. The quantitative estimate of drug-likeness (QED) is 0.485. The number of nitrogens with one attached hydrogen (secondary N) is 1. The van der Waals surface area contributed by atoms with Gasteiger partial charge >= 0.3 is 0 Å². The summed E-state index contributed by atoms with van der Waals surface area (Å²) in [6.45, 7) is 0.247. The van der Waals surface area contributed by atoms with Gasteiger partial charge in [0.1, 0.15) is 16.1 Å². The molecule has 29 heavy (non-hydrogen) atoms. The molecule has 5 rings (SSSR count). The molecule has 1 aliphatic rings. The number of halogens is 1. The molecule has 3 heterocycles. The van der Waals surface area contributed by atoms with E-state index in [1.54, 1.807) is 6.20 Å². The predicted molar refractivity (Wildman–Crippen MR) is 116 cm³/mol. The summed E-state index contributed by atoms with van der Waals surface area (Å²) in [6.07, 6.45) is 3.64. The zero-order valence-corrected chi connectivity index (χ0v) is 17.5. The third-order valence-electron chi connectivity index (χ3n) is 4.77. The van der Waals surface area contributed by atoms with Gasteiger partial charge in [-0.1, -0.05) is 12.1 Å². The number of fused-ring (bicyclic) bond motifs is 2. The Morgan fingerprint density at radius 2 is 1.86 bits per heavy atom. The van der Waals surface area contributed by atoms with Gasteiger partial charge in [0.05, 0.1) is 6.20 Å². The van der Waals surface area contributed by atoms with Crippen LogP contribution in [0.3, 0.4) is 0 Å². The average molecular weight is 452 g/mol. The topological polar surface area (TPSA) is 63.9 Å². The molecule has 0 fully saturated rings. The summed E-state index contributed by atoms with van der Waals surface area (Å²) in [6, 6.07) is 14.1. The highest BCUT2D eigenvalue weighted by Crippen LogP contribution is 2.37. The number of nitrogens with zero attached hydrogens (tertiary/aromatic N) is 4. The van der Waals surface area contributed by atoms with Crippen LogP contribution in [-0.2, 0) is 0 Å². The van der Waals surface area contributed by atoms with E-state index in [9.17, 15) is 0 Å². The molecule has 7 nitrogen and oxygen atoms in total.